The molecule has 2 rings (SSSR count). The molecule has 0 fully saturated rings. The van der Waals surface area contributed by atoms with Gasteiger partial charge in [-0.25, -0.2) is 0 Å². The summed E-state index contributed by atoms with van der Waals surface area (Å²) in [4.78, 5) is 0. The van der Waals surface area contributed by atoms with Crippen molar-refractivity contribution in [2.24, 2.45) is 0 Å². The molecule has 0 radical (unpaired) electrons. The fourth-order valence-corrected chi connectivity index (χ4v) is 2.63. The Hall–Kier alpha value is -1.02. The third-order valence-corrected chi connectivity index (χ3v) is 3.67. The van der Waals surface area contributed by atoms with Crippen molar-refractivity contribution in [1.29, 1.82) is 0 Å². The van der Waals surface area contributed by atoms with E-state index in [1.807, 2.05) is 31.2 Å². The molecule has 0 aliphatic rings. The summed E-state index contributed by atoms with van der Waals surface area (Å²) in [7, 11) is 0. The van der Waals surface area contributed by atoms with E-state index in [4.69, 9.17) is 23.2 Å². The number of rotatable bonds is 3. The maximum absolute atomic E-state index is 10.3. The number of hydrogen-bond donors (Lipinski definition) is 1. The molecule has 0 saturated heterocycles. The fraction of sp³-hybridized carbons (Fsp3) is 0.200. The molecule has 0 spiro atoms. The minimum Gasteiger partial charge on any atom is -0.388 e. The molecule has 0 aliphatic carbocycles. The topological polar surface area (TPSA) is 20.2 Å². The average molecular weight is 281 g/mol. The van der Waals surface area contributed by atoms with Crippen molar-refractivity contribution in [3.8, 4) is 0 Å². The van der Waals surface area contributed by atoms with E-state index >= 15 is 0 Å². The normalized spacial score (nSPS) is 12.4. The van der Waals surface area contributed by atoms with Crippen LogP contribution in [0.5, 0.6) is 0 Å². The van der Waals surface area contributed by atoms with Crippen LogP contribution in [-0.2, 0) is 6.42 Å². The van der Waals surface area contributed by atoms with E-state index < -0.39 is 6.10 Å². The first-order valence-corrected chi connectivity index (χ1v) is 6.51. The summed E-state index contributed by atoms with van der Waals surface area (Å²) in [6.07, 6.45) is -0.178. The van der Waals surface area contributed by atoms with Crippen molar-refractivity contribution in [3.63, 3.8) is 0 Å². The molecular weight excluding hydrogens is 267 g/mol. The van der Waals surface area contributed by atoms with Gasteiger partial charge < -0.3 is 5.11 Å². The van der Waals surface area contributed by atoms with Gasteiger partial charge in [-0.3, -0.25) is 0 Å². The molecule has 0 aliphatic heterocycles. The molecular formula is C15H14Cl2O. The standard InChI is InChI=1S/C15H14Cl2O/c1-10-5-2-3-6-11(10)9-14(18)15-12(16)7-4-8-13(15)17/h2-8,14,18H,9H2,1H3. The number of benzene rings is 2. The van der Waals surface area contributed by atoms with Crippen LogP contribution in [0, 0.1) is 6.92 Å². The van der Waals surface area contributed by atoms with Gasteiger partial charge in [-0.1, -0.05) is 53.5 Å². The lowest BCUT2D eigenvalue weighted by Gasteiger charge is -2.15. The molecule has 0 heterocycles. The maximum Gasteiger partial charge on any atom is 0.0859 e. The summed E-state index contributed by atoms with van der Waals surface area (Å²) in [6.45, 7) is 2.02. The highest BCUT2D eigenvalue weighted by Gasteiger charge is 2.16. The quantitative estimate of drug-likeness (QED) is 0.873. The molecule has 0 amide bonds. The second kappa shape index (κ2) is 5.75. The molecule has 0 saturated carbocycles. The summed E-state index contributed by atoms with van der Waals surface area (Å²) < 4.78 is 0. The summed E-state index contributed by atoms with van der Waals surface area (Å²) in [5, 5.41) is 11.3. The second-order valence-corrected chi connectivity index (χ2v) is 5.10. The van der Waals surface area contributed by atoms with Gasteiger partial charge in [0.1, 0.15) is 0 Å². The van der Waals surface area contributed by atoms with Crippen LogP contribution in [0.15, 0.2) is 42.5 Å². The van der Waals surface area contributed by atoms with Gasteiger partial charge in [0.05, 0.1) is 6.10 Å². The largest absolute Gasteiger partial charge is 0.388 e. The van der Waals surface area contributed by atoms with Gasteiger partial charge in [-0.15, -0.1) is 0 Å². The highest BCUT2D eigenvalue weighted by atomic mass is 35.5. The monoisotopic (exact) mass is 280 g/mol. The fourth-order valence-electron chi connectivity index (χ4n) is 1.98. The lowest BCUT2D eigenvalue weighted by Crippen LogP contribution is -2.04. The molecule has 0 aromatic heterocycles. The predicted octanol–water partition coefficient (Wildman–Crippen LogP) is 4.58. The smallest absolute Gasteiger partial charge is 0.0859 e. The molecule has 2 aromatic rings. The van der Waals surface area contributed by atoms with Gasteiger partial charge in [0.15, 0.2) is 0 Å². The highest BCUT2D eigenvalue weighted by Crippen LogP contribution is 2.32. The van der Waals surface area contributed by atoms with Crippen LogP contribution < -0.4 is 0 Å². The summed E-state index contributed by atoms with van der Waals surface area (Å²) in [5.41, 5.74) is 2.85. The Labute approximate surface area is 117 Å². The van der Waals surface area contributed by atoms with Crippen molar-refractivity contribution in [2.75, 3.05) is 0 Å². The van der Waals surface area contributed by atoms with E-state index in [2.05, 4.69) is 0 Å². The second-order valence-electron chi connectivity index (χ2n) is 4.28. The molecule has 1 atom stereocenters. The molecule has 0 bridgehead atoms. The lowest BCUT2D eigenvalue weighted by molar-refractivity contribution is 0.178. The molecule has 94 valence electrons. The average Bonchev–Trinajstić information content (AvgIpc) is 2.32. The van der Waals surface area contributed by atoms with Crippen LogP contribution in [0.3, 0.4) is 0 Å². The Morgan fingerprint density at radius 3 is 2.22 bits per heavy atom. The Balaban J connectivity index is 2.28. The van der Waals surface area contributed by atoms with Crippen LogP contribution in [-0.4, -0.2) is 5.11 Å². The predicted molar refractivity (Wildman–Crippen MR) is 76.3 cm³/mol. The Bertz CT molecular complexity index is 532. The highest BCUT2D eigenvalue weighted by molar-refractivity contribution is 6.36. The third-order valence-electron chi connectivity index (χ3n) is 3.01. The van der Waals surface area contributed by atoms with Gasteiger partial charge in [0, 0.05) is 22.0 Å². The first-order valence-electron chi connectivity index (χ1n) is 5.76. The Morgan fingerprint density at radius 1 is 1.00 bits per heavy atom. The van der Waals surface area contributed by atoms with Crippen LogP contribution in [0.25, 0.3) is 0 Å². The van der Waals surface area contributed by atoms with Gasteiger partial charge in [-0.2, -0.15) is 0 Å². The van der Waals surface area contributed by atoms with Crippen LogP contribution in [0.1, 0.15) is 22.8 Å². The van der Waals surface area contributed by atoms with E-state index in [1.54, 1.807) is 18.2 Å². The van der Waals surface area contributed by atoms with E-state index in [1.165, 1.54) is 0 Å². The molecule has 2 aromatic carbocycles. The van der Waals surface area contributed by atoms with Crippen molar-refractivity contribution < 1.29 is 5.11 Å². The van der Waals surface area contributed by atoms with Crippen molar-refractivity contribution in [1.82, 2.24) is 0 Å². The molecule has 3 heteroatoms. The van der Waals surface area contributed by atoms with Crippen LogP contribution in [0.2, 0.25) is 10.0 Å². The molecule has 1 N–H and O–H groups in total. The van der Waals surface area contributed by atoms with Crippen molar-refractivity contribution in [3.05, 3.63) is 69.2 Å². The van der Waals surface area contributed by atoms with Crippen molar-refractivity contribution in [2.45, 2.75) is 19.4 Å². The number of halogens is 2. The summed E-state index contributed by atoms with van der Waals surface area (Å²) in [5.74, 6) is 0. The maximum atomic E-state index is 10.3. The third kappa shape index (κ3) is 2.86. The molecule has 1 nitrogen and oxygen atoms in total. The Kier molecular flexibility index (Phi) is 4.28. The van der Waals surface area contributed by atoms with Crippen molar-refractivity contribution >= 4 is 23.2 Å². The first kappa shape index (κ1) is 13.4. The van der Waals surface area contributed by atoms with E-state index in [9.17, 15) is 5.11 Å². The summed E-state index contributed by atoms with van der Waals surface area (Å²) >= 11 is 12.2. The van der Waals surface area contributed by atoms with Gasteiger partial charge >= 0.3 is 0 Å². The van der Waals surface area contributed by atoms with Gasteiger partial charge in [-0.05, 0) is 30.2 Å². The SMILES string of the molecule is Cc1ccccc1CC(O)c1c(Cl)cccc1Cl. The number of hydrogen-bond acceptors (Lipinski definition) is 1. The lowest BCUT2D eigenvalue weighted by atomic mass is 9.98. The van der Waals surface area contributed by atoms with Crippen LogP contribution >= 0.6 is 23.2 Å². The minimum absolute atomic E-state index is 0.503. The van der Waals surface area contributed by atoms with E-state index in [0.29, 0.717) is 22.0 Å². The minimum atomic E-state index is -0.688. The summed E-state index contributed by atoms with van der Waals surface area (Å²) in [6, 6.07) is 13.2. The number of aliphatic hydroxyl groups is 1. The zero-order valence-electron chi connectivity index (χ0n) is 10.0. The number of aliphatic hydroxyl groups excluding tert-OH is 1. The van der Waals surface area contributed by atoms with Gasteiger partial charge in [0.2, 0.25) is 0 Å². The Morgan fingerprint density at radius 2 is 1.61 bits per heavy atom. The first-order chi connectivity index (χ1) is 8.59. The van der Waals surface area contributed by atoms with Gasteiger partial charge in [0.25, 0.3) is 0 Å². The molecule has 18 heavy (non-hydrogen) atoms. The van der Waals surface area contributed by atoms with E-state index in [0.717, 1.165) is 11.1 Å². The van der Waals surface area contributed by atoms with Crippen LogP contribution in [0.4, 0.5) is 0 Å². The number of aryl methyl sites for hydroxylation is 1. The zero-order chi connectivity index (χ0) is 13.1. The molecule has 1 unspecified atom stereocenters. The zero-order valence-corrected chi connectivity index (χ0v) is 11.5. The van der Waals surface area contributed by atoms with E-state index in [-0.39, 0.29) is 0 Å².